The number of H-pyrrole nitrogens is 1. The number of alkyl carbamates (subject to hydrolysis) is 2. The minimum absolute atomic E-state index is 0.439. The fourth-order valence-electron chi connectivity index (χ4n) is 7.40. The van der Waals surface area contributed by atoms with Crippen LogP contribution >= 0.6 is 0 Å². The van der Waals surface area contributed by atoms with Crippen molar-refractivity contribution < 1.29 is 23.8 Å². The van der Waals surface area contributed by atoms with Gasteiger partial charge in [0.15, 0.2) is 18.4 Å². The molecule has 2 heterocycles. The summed E-state index contributed by atoms with van der Waals surface area (Å²) in [5, 5.41) is 5.61. The molecule has 0 bridgehead atoms. The van der Waals surface area contributed by atoms with Crippen LogP contribution in [0.15, 0.2) is 46.2 Å². The summed E-state index contributed by atoms with van der Waals surface area (Å²) in [7, 11) is 0. The lowest BCUT2D eigenvalue weighted by Crippen LogP contribution is -2.44. The van der Waals surface area contributed by atoms with E-state index in [2.05, 4.69) is 53.8 Å². The molecule has 3 N–H and O–H groups in total. The summed E-state index contributed by atoms with van der Waals surface area (Å²) in [5.41, 5.74) is -1.27. The number of nitrogens with one attached hydrogen (secondary N) is 3. The normalized spacial score (nSPS) is 18.0. The van der Waals surface area contributed by atoms with Crippen molar-refractivity contribution in [2.45, 2.75) is 225 Å². The van der Waals surface area contributed by atoms with E-state index in [1.165, 1.54) is 141 Å². The molecule has 332 valence electrons. The number of hydrogen-bond donors (Lipinski definition) is 3. The van der Waals surface area contributed by atoms with Crippen LogP contribution in [0, 0.1) is 0 Å². The van der Waals surface area contributed by atoms with Crippen molar-refractivity contribution in [3.63, 3.8) is 0 Å². The molecular formula is C47H82N4O7. The van der Waals surface area contributed by atoms with Crippen molar-refractivity contribution in [3.8, 4) is 0 Å². The SMILES string of the molecule is CCCCCCCC/C=C\CCCCCCCCNC(=O)O[C@@H]1[C@H](OC(=O)NCCCCCCCC/C=C\CCCCCCCC)[C@@H](C)O[C@H]1n1ccc(=O)[nH]c1=O. The molecule has 11 nitrogen and oxygen atoms in total. The first kappa shape index (κ1) is 50.8. The van der Waals surface area contributed by atoms with Gasteiger partial charge in [-0.15, -0.1) is 0 Å². The number of aromatic amines is 1. The Morgan fingerprint density at radius 2 is 0.983 bits per heavy atom. The number of carbonyl (C=O) groups excluding carboxylic acids is 2. The average Bonchev–Trinajstić information content (AvgIpc) is 3.49. The van der Waals surface area contributed by atoms with Gasteiger partial charge < -0.3 is 24.8 Å². The number of allylic oxidation sites excluding steroid dienone is 4. The number of nitrogens with zero attached hydrogens (tertiary/aromatic N) is 1. The monoisotopic (exact) mass is 815 g/mol. The summed E-state index contributed by atoms with van der Waals surface area (Å²) in [6.07, 6.45) is 39.3. The minimum atomic E-state index is -1.12. The van der Waals surface area contributed by atoms with Crippen LogP contribution in [-0.4, -0.2) is 53.1 Å². The van der Waals surface area contributed by atoms with Crippen LogP contribution in [0.25, 0.3) is 0 Å². The first-order valence-corrected chi connectivity index (χ1v) is 23.5. The highest BCUT2D eigenvalue weighted by Gasteiger charge is 2.49. The van der Waals surface area contributed by atoms with E-state index in [1.807, 2.05) is 0 Å². The zero-order chi connectivity index (χ0) is 41.9. The number of amides is 2. The van der Waals surface area contributed by atoms with E-state index in [0.717, 1.165) is 55.9 Å². The van der Waals surface area contributed by atoms with Gasteiger partial charge in [-0.25, -0.2) is 14.4 Å². The Hall–Kier alpha value is -3.34. The molecule has 0 spiro atoms. The van der Waals surface area contributed by atoms with Gasteiger partial charge in [-0.3, -0.25) is 14.3 Å². The van der Waals surface area contributed by atoms with Crippen LogP contribution in [-0.2, 0) is 14.2 Å². The fraction of sp³-hybridized carbons (Fsp3) is 0.787. The highest BCUT2D eigenvalue weighted by atomic mass is 16.7. The zero-order valence-electron chi connectivity index (χ0n) is 36.8. The quantitative estimate of drug-likeness (QED) is 0.0457. The lowest BCUT2D eigenvalue weighted by molar-refractivity contribution is -0.0411. The van der Waals surface area contributed by atoms with Gasteiger partial charge in [0.1, 0.15) is 0 Å². The summed E-state index contributed by atoms with van der Waals surface area (Å²) >= 11 is 0. The molecule has 2 rings (SSSR count). The summed E-state index contributed by atoms with van der Waals surface area (Å²) in [5.74, 6) is 0. The van der Waals surface area contributed by atoms with E-state index in [4.69, 9.17) is 14.2 Å². The molecule has 4 atom stereocenters. The maximum absolute atomic E-state index is 13.0. The van der Waals surface area contributed by atoms with E-state index in [1.54, 1.807) is 6.92 Å². The summed E-state index contributed by atoms with van der Waals surface area (Å²) in [4.78, 5) is 52.4. The average molecular weight is 815 g/mol. The first-order chi connectivity index (χ1) is 28.4. The van der Waals surface area contributed by atoms with E-state index in [0.29, 0.717) is 13.1 Å². The molecule has 1 aliphatic rings. The summed E-state index contributed by atoms with van der Waals surface area (Å²) < 4.78 is 18.7. The molecule has 0 aromatic carbocycles. The number of aromatic nitrogens is 2. The van der Waals surface area contributed by atoms with Gasteiger partial charge >= 0.3 is 17.9 Å². The number of rotatable bonds is 35. The first-order valence-electron chi connectivity index (χ1n) is 23.5. The Labute approximate surface area is 350 Å². The lowest BCUT2D eigenvalue weighted by Gasteiger charge is -2.24. The molecular weight excluding hydrogens is 733 g/mol. The molecule has 58 heavy (non-hydrogen) atoms. The molecule has 0 radical (unpaired) electrons. The van der Waals surface area contributed by atoms with Gasteiger partial charge in [-0.1, -0.05) is 154 Å². The maximum atomic E-state index is 13.0. The highest BCUT2D eigenvalue weighted by molar-refractivity contribution is 5.68. The third kappa shape index (κ3) is 24.6. The van der Waals surface area contributed by atoms with Gasteiger partial charge in [0.2, 0.25) is 0 Å². The van der Waals surface area contributed by atoms with Crippen molar-refractivity contribution in [3.05, 3.63) is 57.4 Å². The zero-order valence-corrected chi connectivity index (χ0v) is 36.8. The number of ether oxygens (including phenoxy) is 3. The molecule has 1 saturated heterocycles. The van der Waals surface area contributed by atoms with Gasteiger partial charge in [0.05, 0.1) is 6.10 Å². The lowest BCUT2D eigenvalue weighted by atomic mass is 10.1. The standard InChI is InChI=1S/C47H82N4O7/c1-4-6-8-10-12-14-16-18-20-22-24-26-28-30-32-34-37-48-46(54)57-42-40(3)56-44(51-39-36-41(52)50-45(51)53)43(42)58-47(55)49-38-35-33-31-29-27-25-23-21-19-17-15-13-11-9-7-5-2/h18-21,36,39-40,42-44H,4-17,22-35,37-38H2,1-3H3,(H,48,54)(H,49,55)(H,50,52,53)/b20-18-,21-19-/t40-,42-,43-,44-/m1/s1. The summed E-state index contributed by atoms with van der Waals surface area (Å²) in [6.45, 7) is 7.11. The molecule has 0 saturated carbocycles. The van der Waals surface area contributed by atoms with Gasteiger partial charge in [-0.2, -0.15) is 0 Å². The third-order valence-electron chi connectivity index (χ3n) is 10.9. The van der Waals surface area contributed by atoms with Gasteiger partial charge in [0, 0.05) is 25.4 Å². The molecule has 2 amide bonds. The van der Waals surface area contributed by atoms with Crippen molar-refractivity contribution >= 4 is 12.2 Å². The van der Waals surface area contributed by atoms with Crippen molar-refractivity contribution in [2.24, 2.45) is 0 Å². The van der Waals surface area contributed by atoms with Crippen LogP contribution < -0.4 is 21.9 Å². The van der Waals surface area contributed by atoms with E-state index < -0.39 is 48.0 Å². The molecule has 1 aromatic rings. The largest absolute Gasteiger partial charge is 0.439 e. The second-order valence-corrected chi connectivity index (χ2v) is 16.2. The maximum Gasteiger partial charge on any atom is 0.407 e. The Morgan fingerprint density at radius 1 is 0.603 bits per heavy atom. The van der Waals surface area contributed by atoms with Crippen LogP contribution in [0.5, 0.6) is 0 Å². The number of carbonyl (C=O) groups is 2. The van der Waals surface area contributed by atoms with Crippen molar-refractivity contribution in [2.75, 3.05) is 13.1 Å². The van der Waals surface area contributed by atoms with E-state index in [-0.39, 0.29) is 0 Å². The van der Waals surface area contributed by atoms with Crippen molar-refractivity contribution in [1.29, 1.82) is 0 Å². The number of unbranched alkanes of at least 4 members (excludes halogenated alkanes) is 24. The highest BCUT2D eigenvalue weighted by Crippen LogP contribution is 2.33. The van der Waals surface area contributed by atoms with E-state index >= 15 is 0 Å². The number of hydrogen-bond acceptors (Lipinski definition) is 7. The summed E-state index contributed by atoms with van der Waals surface area (Å²) in [6, 6.07) is 1.19. The smallest absolute Gasteiger partial charge is 0.407 e. The molecule has 1 fully saturated rings. The van der Waals surface area contributed by atoms with Crippen LogP contribution in [0.1, 0.15) is 207 Å². The predicted molar refractivity (Wildman–Crippen MR) is 236 cm³/mol. The van der Waals surface area contributed by atoms with Gasteiger partial charge in [0.25, 0.3) is 5.56 Å². The molecule has 1 aromatic heterocycles. The molecule has 1 aliphatic heterocycles. The second-order valence-electron chi connectivity index (χ2n) is 16.2. The van der Waals surface area contributed by atoms with Crippen LogP contribution in [0.2, 0.25) is 0 Å². The molecule has 0 unspecified atom stereocenters. The van der Waals surface area contributed by atoms with E-state index in [9.17, 15) is 19.2 Å². The Balaban J connectivity index is 1.65. The Bertz CT molecular complexity index is 1360. The van der Waals surface area contributed by atoms with Gasteiger partial charge in [-0.05, 0) is 71.1 Å². The van der Waals surface area contributed by atoms with Crippen LogP contribution in [0.4, 0.5) is 9.59 Å². The fourth-order valence-corrected chi connectivity index (χ4v) is 7.40. The Morgan fingerprint density at radius 3 is 1.40 bits per heavy atom. The third-order valence-corrected chi connectivity index (χ3v) is 10.9. The van der Waals surface area contributed by atoms with Crippen LogP contribution in [0.3, 0.4) is 0 Å². The van der Waals surface area contributed by atoms with Crippen molar-refractivity contribution in [1.82, 2.24) is 20.2 Å². The predicted octanol–water partition coefficient (Wildman–Crippen LogP) is 11.7. The molecule has 0 aliphatic carbocycles. The second kappa shape index (κ2) is 34.5. The molecule has 11 heteroatoms. The minimum Gasteiger partial charge on any atom is -0.439 e. The Kier molecular flexibility index (Phi) is 30.2. The topological polar surface area (TPSA) is 141 Å².